The maximum atomic E-state index is 13.2. The summed E-state index contributed by atoms with van der Waals surface area (Å²) in [4.78, 5) is 51.2. The summed E-state index contributed by atoms with van der Waals surface area (Å²) in [5.74, 6) is -4.93. The predicted molar refractivity (Wildman–Crippen MR) is 141 cm³/mol. The number of hydrogen-bond acceptors (Lipinski definition) is 10. The molecule has 1 aliphatic rings. The molecule has 13 heteroatoms. The van der Waals surface area contributed by atoms with E-state index in [-0.39, 0.29) is 59.4 Å². The molecule has 0 aromatic heterocycles. The summed E-state index contributed by atoms with van der Waals surface area (Å²) in [6.45, 7) is 9.58. The number of rotatable bonds is 12. The van der Waals surface area contributed by atoms with Gasteiger partial charge in [0.25, 0.3) is 5.91 Å². The Labute approximate surface area is 228 Å². The van der Waals surface area contributed by atoms with Crippen LogP contribution in [-0.2, 0) is 43.4 Å². The van der Waals surface area contributed by atoms with Crippen molar-refractivity contribution in [2.75, 3.05) is 38.2 Å². The number of nitrogens with one attached hydrogen (secondary N) is 2. The van der Waals surface area contributed by atoms with E-state index in [1.807, 2.05) is 0 Å². The largest absolute Gasteiger partial charge is 0.463 e. The molecule has 0 radical (unpaired) electrons. The molecule has 1 amide bonds. The van der Waals surface area contributed by atoms with Crippen LogP contribution >= 0.6 is 0 Å². The number of nitrogens with zero attached hydrogens (tertiary/aromatic N) is 1. The van der Waals surface area contributed by atoms with Crippen LogP contribution in [0.1, 0.15) is 41.5 Å². The maximum absolute atomic E-state index is 13.2. The molecule has 0 atom stereocenters. The molecule has 0 saturated heterocycles. The molecule has 0 bridgehead atoms. The third kappa shape index (κ3) is 7.45. The number of benzene rings is 1. The molecule has 0 aliphatic carbocycles. The fourth-order valence-corrected chi connectivity index (χ4v) is 5.56. The van der Waals surface area contributed by atoms with Crippen LogP contribution in [0.4, 0.5) is 5.69 Å². The molecule has 0 fully saturated rings. The summed E-state index contributed by atoms with van der Waals surface area (Å²) in [6, 6.07) is 5.68. The van der Waals surface area contributed by atoms with Crippen molar-refractivity contribution >= 4 is 39.5 Å². The summed E-state index contributed by atoms with van der Waals surface area (Å²) in [7, 11) is -3.76. The van der Waals surface area contributed by atoms with Gasteiger partial charge in [-0.05, 0) is 45.9 Å². The van der Waals surface area contributed by atoms with E-state index in [1.54, 1.807) is 41.5 Å². The Morgan fingerprint density at radius 2 is 1.44 bits per heavy atom. The van der Waals surface area contributed by atoms with Crippen LogP contribution in [0.5, 0.6) is 0 Å². The Hall–Kier alpha value is -3.71. The summed E-state index contributed by atoms with van der Waals surface area (Å²) >= 11 is 0. The van der Waals surface area contributed by atoms with Crippen molar-refractivity contribution in [1.29, 1.82) is 0 Å². The average molecular weight is 566 g/mol. The molecule has 214 valence electrons. The highest BCUT2D eigenvalue weighted by Crippen LogP contribution is 2.32. The van der Waals surface area contributed by atoms with Crippen molar-refractivity contribution in [1.82, 2.24) is 9.62 Å². The number of carbonyl (C=O) groups excluding carboxylic acids is 4. The minimum atomic E-state index is -3.76. The van der Waals surface area contributed by atoms with Crippen LogP contribution in [-0.4, -0.2) is 69.4 Å². The van der Waals surface area contributed by atoms with E-state index < -0.39 is 46.4 Å². The molecule has 2 rings (SSSR count). The van der Waals surface area contributed by atoms with Crippen molar-refractivity contribution in [2.24, 2.45) is 5.92 Å². The molecule has 0 spiro atoms. The first-order chi connectivity index (χ1) is 18.4. The van der Waals surface area contributed by atoms with Crippen LogP contribution in [0.3, 0.4) is 0 Å². The Bertz CT molecular complexity index is 1240. The van der Waals surface area contributed by atoms with E-state index in [4.69, 9.17) is 14.2 Å². The molecule has 0 unspecified atom stereocenters. The van der Waals surface area contributed by atoms with E-state index >= 15 is 0 Å². The predicted octanol–water partition coefficient (Wildman–Crippen LogP) is 2.09. The molecular formula is C26H35N3O9S. The minimum Gasteiger partial charge on any atom is -0.463 e. The van der Waals surface area contributed by atoms with Gasteiger partial charge in [0, 0.05) is 30.2 Å². The van der Waals surface area contributed by atoms with E-state index in [0.29, 0.717) is 0 Å². The standard InChI is InChI=1S/C26H35N3O9S/c1-7-29(8-2)39(34,35)19-13-11-12-18(14-19)28-20(30)15-38-26(33)23-21(24(31)36-9-3)16(5)27-17(6)22(23)25(32)37-10-4/h11-14,23,27H,7-10,15H2,1-6H3,(H,28,30). The Kier molecular flexibility index (Phi) is 11.2. The van der Waals surface area contributed by atoms with E-state index in [9.17, 15) is 27.6 Å². The number of allylic oxidation sites excluding steroid dienone is 2. The highest BCUT2D eigenvalue weighted by Gasteiger charge is 2.42. The van der Waals surface area contributed by atoms with Gasteiger partial charge in [-0.25, -0.2) is 18.0 Å². The van der Waals surface area contributed by atoms with Gasteiger partial charge in [0.15, 0.2) is 6.61 Å². The lowest BCUT2D eigenvalue weighted by atomic mass is 9.85. The summed E-state index contributed by atoms with van der Waals surface area (Å²) in [5.41, 5.74) is 0.487. The fourth-order valence-electron chi connectivity index (χ4n) is 4.05. The van der Waals surface area contributed by atoms with Crippen molar-refractivity contribution in [3.63, 3.8) is 0 Å². The average Bonchev–Trinajstić information content (AvgIpc) is 2.87. The molecular weight excluding hydrogens is 530 g/mol. The quantitative estimate of drug-likeness (QED) is 0.284. The molecule has 1 heterocycles. The van der Waals surface area contributed by atoms with Gasteiger partial charge in [-0.15, -0.1) is 0 Å². The van der Waals surface area contributed by atoms with Crippen LogP contribution in [0.25, 0.3) is 0 Å². The Balaban J connectivity index is 2.25. The smallest absolute Gasteiger partial charge is 0.337 e. The second-order valence-corrected chi connectivity index (χ2v) is 10.3. The lowest BCUT2D eigenvalue weighted by Crippen LogP contribution is -2.39. The second kappa shape index (κ2) is 13.9. The van der Waals surface area contributed by atoms with Crippen molar-refractivity contribution in [3.05, 3.63) is 46.8 Å². The van der Waals surface area contributed by atoms with Gasteiger partial charge in [0.1, 0.15) is 5.92 Å². The zero-order chi connectivity index (χ0) is 29.3. The topological polar surface area (TPSA) is 157 Å². The van der Waals surface area contributed by atoms with Crippen LogP contribution < -0.4 is 10.6 Å². The molecule has 1 aromatic rings. The summed E-state index contributed by atoms with van der Waals surface area (Å²) in [5, 5.41) is 5.39. The molecule has 1 aromatic carbocycles. The first-order valence-corrected chi connectivity index (χ1v) is 14.0. The number of amides is 1. The van der Waals surface area contributed by atoms with Crippen LogP contribution in [0.2, 0.25) is 0 Å². The van der Waals surface area contributed by atoms with Gasteiger partial charge in [0.2, 0.25) is 10.0 Å². The number of hydrogen-bond donors (Lipinski definition) is 2. The minimum absolute atomic E-state index is 0.00455. The number of esters is 3. The number of anilines is 1. The third-order valence-corrected chi connectivity index (χ3v) is 7.84. The fraction of sp³-hybridized carbons (Fsp3) is 0.462. The van der Waals surface area contributed by atoms with Gasteiger partial charge >= 0.3 is 17.9 Å². The van der Waals surface area contributed by atoms with Gasteiger partial charge in [-0.1, -0.05) is 19.9 Å². The van der Waals surface area contributed by atoms with Crippen molar-refractivity contribution in [2.45, 2.75) is 46.4 Å². The molecule has 39 heavy (non-hydrogen) atoms. The van der Waals surface area contributed by atoms with Crippen LogP contribution in [0.15, 0.2) is 51.7 Å². The zero-order valence-corrected chi connectivity index (χ0v) is 23.8. The van der Waals surface area contributed by atoms with E-state index in [2.05, 4.69) is 10.6 Å². The van der Waals surface area contributed by atoms with Crippen LogP contribution in [0, 0.1) is 5.92 Å². The lowest BCUT2D eigenvalue weighted by Gasteiger charge is -2.28. The molecule has 0 saturated carbocycles. The monoisotopic (exact) mass is 565 g/mol. The lowest BCUT2D eigenvalue weighted by molar-refractivity contribution is -0.153. The molecule has 12 nitrogen and oxygen atoms in total. The first-order valence-electron chi connectivity index (χ1n) is 12.5. The van der Waals surface area contributed by atoms with Gasteiger partial charge in [-0.3, -0.25) is 9.59 Å². The van der Waals surface area contributed by atoms with Crippen molar-refractivity contribution in [3.8, 4) is 0 Å². The number of dihydropyridines is 1. The zero-order valence-electron chi connectivity index (χ0n) is 23.0. The normalized spacial score (nSPS) is 14.1. The first kappa shape index (κ1) is 31.5. The van der Waals surface area contributed by atoms with Gasteiger partial charge in [-0.2, -0.15) is 4.31 Å². The SMILES string of the molecule is CCOC(=O)C1=C(C)NC(C)=C(C(=O)OCC)C1C(=O)OCC(=O)Nc1cccc(S(=O)(=O)N(CC)CC)c1. The Morgan fingerprint density at radius 3 is 1.92 bits per heavy atom. The third-order valence-electron chi connectivity index (χ3n) is 5.79. The van der Waals surface area contributed by atoms with Gasteiger partial charge < -0.3 is 24.8 Å². The summed E-state index contributed by atoms with van der Waals surface area (Å²) < 4.78 is 42.2. The highest BCUT2D eigenvalue weighted by molar-refractivity contribution is 7.89. The van der Waals surface area contributed by atoms with E-state index in [1.165, 1.54) is 28.6 Å². The number of carbonyl (C=O) groups is 4. The maximum Gasteiger partial charge on any atom is 0.337 e. The summed E-state index contributed by atoms with van der Waals surface area (Å²) in [6.07, 6.45) is 0. The van der Waals surface area contributed by atoms with Crippen molar-refractivity contribution < 1.29 is 41.8 Å². The molecule has 1 aliphatic heterocycles. The highest BCUT2D eigenvalue weighted by atomic mass is 32.2. The second-order valence-electron chi connectivity index (χ2n) is 8.35. The number of ether oxygens (including phenoxy) is 3. The molecule has 2 N–H and O–H groups in total. The van der Waals surface area contributed by atoms with Gasteiger partial charge in [0.05, 0.1) is 29.3 Å². The Morgan fingerprint density at radius 1 is 0.897 bits per heavy atom. The number of sulfonamides is 1. The van der Waals surface area contributed by atoms with E-state index in [0.717, 1.165) is 0 Å².